The maximum absolute atomic E-state index is 13.3. The summed E-state index contributed by atoms with van der Waals surface area (Å²) in [5.74, 6) is 1.95. The van der Waals surface area contributed by atoms with E-state index in [1.54, 1.807) is 33.5 Å². The summed E-state index contributed by atoms with van der Waals surface area (Å²) in [6.45, 7) is 3.07. The van der Waals surface area contributed by atoms with Gasteiger partial charge in [-0.1, -0.05) is 6.07 Å². The maximum Gasteiger partial charge on any atom is 0.254 e. The number of carbonyl (C=O) groups is 2. The van der Waals surface area contributed by atoms with E-state index >= 15 is 0 Å². The fourth-order valence-electron chi connectivity index (χ4n) is 4.85. The first-order valence-electron chi connectivity index (χ1n) is 11.7. The van der Waals surface area contributed by atoms with Crippen molar-refractivity contribution in [3.8, 4) is 17.2 Å². The van der Waals surface area contributed by atoms with Gasteiger partial charge in [0.1, 0.15) is 5.75 Å². The molecule has 190 valence electrons. The summed E-state index contributed by atoms with van der Waals surface area (Å²) in [4.78, 5) is 30.1. The SMILES string of the molecule is COc1cccc(NC(=O)CCN2CCCC(N3CCc4cc(OC)c(OC)cc4C3=O)C2)c1.Cl. The highest BCUT2D eigenvalue weighted by Crippen LogP contribution is 2.34. The highest BCUT2D eigenvalue weighted by molar-refractivity contribution is 5.97. The molecule has 2 aliphatic rings. The third-order valence-electron chi connectivity index (χ3n) is 6.65. The smallest absolute Gasteiger partial charge is 0.254 e. The van der Waals surface area contributed by atoms with Gasteiger partial charge in [-0.15, -0.1) is 12.4 Å². The van der Waals surface area contributed by atoms with Gasteiger partial charge in [0.15, 0.2) is 11.5 Å². The molecular formula is C26H34ClN3O5. The van der Waals surface area contributed by atoms with E-state index in [0.29, 0.717) is 42.3 Å². The summed E-state index contributed by atoms with van der Waals surface area (Å²) < 4.78 is 16.0. The van der Waals surface area contributed by atoms with Crippen molar-refractivity contribution < 1.29 is 23.8 Å². The van der Waals surface area contributed by atoms with Crippen LogP contribution in [0.1, 0.15) is 35.2 Å². The number of likely N-dealkylation sites (tertiary alicyclic amines) is 1. The molecule has 0 bridgehead atoms. The van der Waals surface area contributed by atoms with E-state index in [1.807, 2.05) is 29.2 Å². The predicted octanol–water partition coefficient (Wildman–Crippen LogP) is 3.63. The van der Waals surface area contributed by atoms with Gasteiger partial charge in [-0.25, -0.2) is 0 Å². The van der Waals surface area contributed by atoms with Gasteiger partial charge in [0, 0.05) is 49.4 Å². The van der Waals surface area contributed by atoms with E-state index in [2.05, 4.69) is 10.2 Å². The Morgan fingerprint density at radius 1 is 1.06 bits per heavy atom. The minimum Gasteiger partial charge on any atom is -0.497 e. The minimum atomic E-state index is -0.0283. The highest BCUT2D eigenvalue weighted by Gasteiger charge is 2.33. The molecule has 0 aromatic heterocycles. The molecule has 4 rings (SSSR count). The topological polar surface area (TPSA) is 80.3 Å². The van der Waals surface area contributed by atoms with Crippen LogP contribution in [0.15, 0.2) is 36.4 Å². The Hall–Kier alpha value is -2.97. The normalized spacial score (nSPS) is 17.7. The van der Waals surface area contributed by atoms with Crippen molar-refractivity contribution in [3.05, 3.63) is 47.5 Å². The van der Waals surface area contributed by atoms with Crippen molar-refractivity contribution >= 4 is 29.9 Å². The number of hydrogen-bond donors (Lipinski definition) is 1. The van der Waals surface area contributed by atoms with E-state index in [1.165, 1.54) is 0 Å². The Kier molecular flexibility index (Phi) is 9.23. The van der Waals surface area contributed by atoms with Gasteiger partial charge in [-0.2, -0.15) is 0 Å². The fourth-order valence-corrected chi connectivity index (χ4v) is 4.85. The van der Waals surface area contributed by atoms with Gasteiger partial charge in [0.2, 0.25) is 5.91 Å². The average molecular weight is 504 g/mol. The fraction of sp³-hybridized carbons (Fsp3) is 0.462. The van der Waals surface area contributed by atoms with E-state index in [9.17, 15) is 9.59 Å². The second-order valence-corrected chi connectivity index (χ2v) is 8.74. The van der Waals surface area contributed by atoms with Crippen molar-refractivity contribution in [2.45, 2.75) is 31.7 Å². The first kappa shape index (κ1) is 26.6. The number of nitrogens with one attached hydrogen (secondary N) is 1. The molecule has 2 aromatic rings. The monoisotopic (exact) mass is 503 g/mol. The highest BCUT2D eigenvalue weighted by atomic mass is 35.5. The van der Waals surface area contributed by atoms with Crippen molar-refractivity contribution in [1.29, 1.82) is 0 Å². The van der Waals surface area contributed by atoms with Crippen molar-refractivity contribution in [1.82, 2.24) is 9.80 Å². The first-order valence-corrected chi connectivity index (χ1v) is 11.7. The molecule has 1 saturated heterocycles. The van der Waals surface area contributed by atoms with Crippen LogP contribution in [0.4, 0.5) is 5.69 Å². The maximum atomic E-state index is 13.3. The lowest BCUT2D eigenvalue weighted by Crippen LogP contribution is -2.52. The number of hydrogen-bond acceptors (Lipinski definition) is 6. The quantitative estimate of drug-likeness (QED) is 0.592. The average Bonchev–Trinajstić information content (AvgIpc) is 2.87. The van der Waals surface area contributed by atoms with Crippen LogP contribution in [0, 0.1) is 0 Å². The molecule has 9 heteroatoms. The predicted molar refractivity (Wildman–Crippen MR) is 137 cm³/mol. The molecule has 2 heterocycles. The molecule has 1 fully saturated rings. The number of ether oxygens (including phenoxy) is 3. The summed E-state index contributed by atoms with van der Waals surface area (Å²) in [7, 11) is 4.79. The Balaban J connectivity index is 0.00000342. The second-order valence-electron chi connectivity index (χ2n) is 8.74. The molecule has 2 aliphatic heterocycles. The molecule has 1 unspecified atom stereocenters. The van der Waals surface area contributed by atoms with Crippen LogP contribution < -0.4 is 19.5 Å². The van der Waals surface area contributed by atoms with Gasteiger partial charge in [-0.3, -0.25) is 9.59 Å². The Bertz CT molecular complexity index is 1050. The van der Waals surface area contributed by atoms with Gasteiger partial charge in [0.05, 0.1) is 21.3 Å². The summed E-state index contributed by atoms with van der Waals surface area (Å²) >= 11 is 0. The number of carbonyl (C=O) groups excluding carboxylic acids is 2. The summed E-state index contributed by atoms with van der Waals surface area (Å²) in [5, 5.41) is 2.94. The van der Waals surface area contributed by atoms with Gasteiger partial charge >= 0.3 is 0 Å². The molecule has 1 atom stereocenters. The second kappa shape index (κ2) is 12.1. The number of amides is 2. The van der Waals surface area contributed by atoms with E-state index in [0.717, 1.165) is 43.6 Å². The lowest BCUT2D eigenvalue weighted by molar-refractivity contribution is -0.116. The molecule has 2 aromatic carbocycles. The van der Waals surface area contributed by atoms with Crippen LogP contribution in [0.3, 0.4) is 0 Å². The number of halogens is 1. The number of fused-ring (bicyclic) bond motifs is 1. The Morgan fingerprint density at radius 2 is 1.83 bits per heavy atom. The summed E-state index contributed by atoms with van der Waals surface area (Å²) in [6.07, 6.45) is 3.17. The van der Waals surface area contributed by atoms with Crippen molar-refractivity contribution in [2.24, 2.45) is 0 Å². The number of nitrogens with zero attached hydrogens (tertiary/aromatic N) is 2. The zero-order chi connectivity index (χ0) is 24.1. The van der Waals surface area contributed by atoms with Crippen LogP contribution in [-0.2, 0) is 11.2 Å². The van der Waals surface area contributed by atoms with E-state index in [-0.39, 0.29) is 30.3 Å². The minimum absolute atomic E-state index is 0. The number of anilines is 1. The summed E-state index contributed by atoms with van der Waals surface area (Å²) in [5.41, 5.74) is 2.42. The van der Waals surface area contributed by atoms with Crippen molar-refractivity contribution in [2.75, 3.05) is 52.8 Å². The Labute approximate surface area is 212 Å². The van der Waals surface area contributed by atoms with E-state index < -0.39 is 0 Å². The molecule has 0 radical (unpaired) electrons. The van der Waals surface area contributed by atoms with Gasteiger partial charge < -0.3 is 29.3 Å². The number of piperidine rings is 1. The molecule has 0 aliphatic carbocycles. The first-order chi connectivity index (χ1) is 16.5. The van der Waals surface area contributed by atoms with Crippen LogP contribution in [0.5, 0.6) is 17.2 Å². The van der Waals surface area contributed by atoms with Crippen LogP contribution in [0.2, 0.25) is 0 Å². The van der Waals surface area contributed by atoms with Crippen LogP contribution in [-0.4, -0.2) is 75.2 Å². The van der Waals surface area contributed by atoms with Crippen molar-refractivity contribution in [3.63, 3.8) is 0 Å². The molecule has 35 heavy (non-hydrogen) atoms. The largest absolute Gasteiger partial charge is 0.497 e. The van der Waals surface area contributed by atoms with Crippen LogP contribution in [0.25, 0.3) is 0 Å². The number of methoxy groups -OCH3 is 3. The third-order valence-corrected chi connectivity index (χ3v) is 6.65. The van der Waals surface area contributed by atoms with E-state index in [4.69, 9.17) is 14.2 Å². The lowest BCUT2D eigenvalue weighted by Gasteiger charge is -2.41. The lowest BCUT2D eigenvalue weighted by atomic mass is 9.94. The zero-order valence-corrected chi connectivity index (χ0v) is 21.4. The molecule has 2 amide bonds. The third kappa shape index (κ3) is 6.18. The zero-order valence-electron chi connectivity index (χ0n) is 20.5. The van der Waals surface area contributed by atoms with Gasteiger partial charge in [-0.05, 0) is 55.6 Å². The number of rotatable bonds is 8. The molecular weight excluding hydrogens is 470 g/mol. The summed E-state index contributed by atoms with van der Waals surface area (Å²) in [6, 6.07) is 11.2. The van der Waals surface area contributed by atoms with Crippen LogP contribution >= 0.6 is 12.4 Å². The standard InChI is InChI=1S/C26H33N3O5.ClH/c1-32-21-8-4-6-19(15-21)27-25(30)10-12-28-11-5-7-20(17-28)29-13-9-18-14-23(33-2)24(34-3)16-22(18)26(29)31;/h4,6,8,14-16,20H,5,7,9-13,17H2,1-3H3,(H,27,30);1H. The Morgan fingerprint density at radius 3 is 2.57 bits per heavy atom. The molecule has 0 saturated carbocycles. The molecule has 8 nitrogen and oxygen atoms in total. The number of benzene rings is 2. The molecule has 0 spiro atoms. The van der Waals surface area contributed by atoms with Gasteiger partial charge in [0.25, 0.3) is 5.91 Å². The molecule has 1 N–H and O–H groups in total.